The standard InChI is InChI=1S/C12H10.C6H12.C6H6.C5H5N.C5H10.10C2H6/c1-3-7-11(8-4-1)12-9-5-2-6-10-12;3*1-2-4-6-5-3-1;1-2-4-5-3-1;10*1-2/h1-10H;1-6H2;1-6H;1-5H;1-5H2;10*1-2H3. The highest BCUT2D eigenvalue weighted by Crippen LogP contribution is 2.17. The molecule has 0 aliphatic heterocycles. The molecule has 2 fully saturated rings. The fourth-order valence-corrected chi connectivity index (χ4v) is 3.90. The van der Waals surface area contributed by atoms with E-state index in [1.165, 1.54) is 81.8 Å². The minimum absolute atomic E-state index is 1.28. The van der Waals surface area contributed by atoms with Crippen LogP contribution in [0.15, 0.2) is 128 Å². The van der Waals surface area contributed by atoms with Crippen LogP contribution < -0.4 is 0 Å². The molecule has 0 bridgehead atoms. The van der Waals surface area contributed by atoms with Crippen LogP contribution in [-0.2, 0) is 0 Å². The molecular weight excluding hydrogens is 663 g/mol. The van der Waals surface area contributed by atoms with Gasteiger partial charge in [-0.25, -0.2) is 0 Å². The second kappa shape index (κ2) is 98.3. The van der Waals surface area contributed by atoms with Gasteiger partial charge in [-0.3, -0.25) is 4.98 Å². The van der Waals surface area contributed by atoms with Crippen molar-refractivity contribution in [3.8, 4) is 11.1 Å². The third-order valence-corrected chi connectivity index (χ3v) is 5.86. The fourth-order valence-electron chi connectivity index (χ4n) is 3.90. The van der Waals surface area contributed by atoms with Crippen LogP contribution in [0.1, 0.15) is 209 Å². The van der Waals surface area contributed by atoms with Crippen LogP contribution in [0.3, 0.4) is 0 Å². The molecule has 2 aliphatic carbocycles. The first-order valence-corrected chi connectivity index (χ1v) is 23.4. The number of pyridine rings is 1. The molecule has 6 rings (SSSR count). The largest absolute Gasteiger partial charge is 0.265 e. The van der Waals surface area contributed by atoms with Crippen molar-refractivity contribution in [3.63, 3.8) is 0 Å². The molecule has 1 heteroatoms. The highest BCUT2D eigenvalue weighted by Gasteiger charge is 1.96. The predicted molar refractivity (Wildman–Crippen MR) is 267 cm³/mol. The molecule has 0 N–H and O–H groups in total. The Morgan fingerprint density at radius 1 is 0.218 bits per heavy atom. The van der Waals surface area contributed by atoms with Crippen LogP contribution in [0.4, 0.5) is 0 Å². The van der Waals surface area contributed by atoms with Gasteiger partial charge in [-0.05, 0) is 23.3 Å². The second-order valence-corrected chi connectivity index (χ2v) is 8.80. The van der Waals surface area contributed by atoms with E-state index in [2.05, 4.69) is 53.5 Å². The summed E-state index contributed by atoms with van der Waals surface area (Å²) in [5, 5.41) is 0. The van der Waals surface area contributed by atoms with Gasteiger partial charge in [0.05, 0.1) is 0 Å². The summed E-state index contributed by atoms with van der Waals surface area (Å²) in [7, 11) is 0. The molecule has 2 aliphatic rings. The van der Waals surface area contributed by atoms with E-state index >= 15 is 0 Å². The Morgan fingerprint density at radius 3 is 0.491 bits per heavy atom. The SMILES string of the molecule is C1CCCC1.C1CCCCC1.CC.CC.CC.CC.CC.CC.CC.CC.CC.CC.c1ccc(-c2ccccc2)cc1.c1ccccc1.c1ccncc1. The van der Waals surface area contributed by atoms with Gasteiger partial charge in [0.1, 0.15) is 0 Å². The normalized spacial score (nSPS) is 9.75. The Morgan fingerprint density at radius 2 is 0.364 bits per heavy atom. The summed E-state index contributed by atoms with van der Waals surface area (Å²) >= 11 is 0. The van der Waals surface area contributed by atoms with Crippen LogP contribution in [0.2, 0.25) is 0 Å². The third-order valence-electron chi connectivity index (χ3n) is 5.86. The number of hydrogen-bond donors (Lipinski definition) is 0. The van der Waals surface area contributed by atoms with Gasteiger partial charge in [-0.1, -0.05) is 312 Å². The summed E-state index contributed by atoms with van der Waals surface area (Å²) < 4.78 is 0. The van der Waals surface area contributed by atoms with Gasteiger partial charge in [0.15, 0.2) is 0 Å². The van der Waals surface area contributed by atoms with Crippen LogP contribution in [0, 0.1) is 0 Å². The van der Waals surface area contributed by atoms with Crippen molar-refractivity contribution in [2.24, 2.45) is 0 Å². The average molecular weight is 766 g/mol. The van der Waals surface area contributed by atoms with E-state index in [1.807, 2.05) is 205 Å². The zero-order chi connectivity index (χ0) is 44.5. The number of benzene rings is 3. The van der Waals surface area contributed by atoms with Crippen LogP contribution in [0.5, 0.6) is 0 Å². The summed E-state index contributed by atoms with van der Waals surface area (Å²) in [6.07, 6.45) is 20.0. The van der Waals surface area contributed by atoms with Crippen molar-refractivity contribution >= 4 is 0 Å². The minimum atomic E-state index is 1.28. The Bertz CT molecular complexity index is 759. The molecule has 3 aromatic carbocycles. The Labute approximate surface area is 351 Å². The Hall–Kier alpha value is -3.19. The number of hydrogen-bond acceptors (Lipinski definition) is 1. The van der Waals surface area contributed by atoms with Crippen LogP contribution >= 0.6 is 0 Å². The number of nitrogens with zero attached hydrogens (tertiary/aromatic N) is 1. The first-order valence-electron chi connectivity index (χ1n) is 23.4. The summed E-state index contributed by atoms with van der Waals surface area (Å²) in [6.45, 7) is 40.0. The molecule has 1 heterocycles. The molecule has 1 aromatic heterocycles. The van der Waals surface area contributed by atoms with Gasteiger partial charge in [-0.15, -0.1) is 0 Å². The molecule has 0 atom stereocenters. The van der Waals surface area contributed by atoms with Crippen LogP contribution in [0.25, 0.3) is 11.1 Å². The summed E-state index contributed by atoms with van der Waals surface area (Å²) in [5.41, 5.74) is 2.55. The first-order chi connectivity index (χ1) is 27.5. The van der Waals surface area contributed by atoms with E-state index in [0.29, 0.717) is 0 Å². The molecule has 0 amide bonds. The van der Waals surface area contributed by atoms with E-state index in [0.717, 1.165) is 0 Å². The molecule has 55 heavy (non-hydrogen) atoms. The third kappa shape index (κ3) is 76.4. The lowest BCUT2D eigenvalue weighted by atomic mass is 10.0. The summed E-state index contributed by atoms with van der Waals surface area (Å²) in [6, 6.07) is 38.5. The highest BCUT2D eigenvalue weighted by molar-refractivity contribution is 5.62. The van der Waals surface area contributed by atoms with Crippen molar-refractivity contribution < 1.29 is 0 Å². The Balaban J connectivity index is -0.0000000630. The quantitative estimate of drug-likeness (QED) is 0.188. The lowest BCUT2D eigenvalue weighted by Crippen LogP contribution is -1.85. The van der Waals surface area contributed by atoms with Crippen molar-refractivity contribution in [2.75, 3.05) is 0 Å². The van der Waals surface area contributed by atoms with Gasteiger partial charge in [0.25, 0.3) is 0 Å². The molecule has 1 nitrogen and oxygen atoms in total. The van der Waals surface area contributed by atoms with Crippen molar-refractivity contribution in [1.82, 2.24) is 4.98 Å². The van der Waals surface area contributed by atoms with E-state index < -0.39 is 0 Å². The predicted octanol–water partition coefficient (Wildman–Crippen LogP) is 20.7. The van der Waals surface area contributed by atoms with Gasteiger partial charge in [0, 0.05) is 12.4 Å². The lowest BCUT2D eigenvalue weighted by Gasteiger charge is -2.05. The maximum Gasteiger partial charge on any atom is 0.0267 e. The number of aromatic nitrogens is 1. The minimum Gasteiger partial charge on any atom is -0.265 e. The molecule has 0 spiro atoms. The van der Waals surface area contributed by atoms with Crippen molar-refractivity contribution in [2.45, 2.75) is 209 Å². The summed E-state index contributed by atoms with van der Waals surface area (Å²) in [5.74, 6) is 0. The topological polar surface area (TPSA) is 12.9 Å². The number of rotatable bonds is 1. The molecule has 2 saturated carbocycles. The van der Waals surface area contributed by atoms with E-state index in [4.69, 9.17) is 0 Å². The van der Waals surface area contributed by atoms with Gasteiger partial charge in [-0.2, -0.15) is 0 Å². The van der Waals surface area contributed by atoms with Gasteiger partial charge in [0.2, 0.25) is 0 Å². The fraction of sp³-hybridized carbons (Fsp3) is 0.574. The zero-order valence-corrected chi connectivity index (χ0v) is 41.3. The smallest absolute Gasteiger partial charge is 0.0267 e. The maximum absolute atomic E-state index is 3.78. The lowest BCUT2D eigenvalue weighted by molar-refractivity contribution is 0.504. The van der Waals surface area contributed by atoms with Gasteiger partial charge < -0.3 is 0 Å². The van der Waals surface area contributed by atoms with Crippen molar-refractivity contribution in [3.05, 3.63) is 128 Å². The van der Waals surface area contributed by atoms with Crippen LogP contribution in [-0.4, -0.2) is 4.98 Å². The second-order valence-electron chi connectivity index (χ2n) is 8.80. The average Bonchev–Trinajstić information content (AvgIpc) is 3.97. The van der Waals surface area contributed by atoms with Crippen molar-refractivity contribution in [1.29, 1.82) is 0 Å². The van der Waals surface area contributed by atoms with E-state index in [-0.39, 0.29) is 0 Å². The highest BCUT2D eigenvalue weighted by atomic mass is 14.6. The maximum atomic E-state index is 3.78. The molecular formula is C54H103N. The molecule has 0 unspecified atom stereocenters. The van der Waals surface area contributed by atoms with E-state index in [1.54, 1.807) is 12.4 Å². The van der Waals surface area contributed by atoms with E-state index in [9.17, 15) is 0 Å². The molecule has 4 aromatic rings. The molecule has 324 valence electrons. The Kier molecular flexibility index (Phi) is 130. The molecule has 0 radical (unpaired) electrons. The summed E-state index contributed by atoms with van der Waals surface area (Å²) in [4.78, 5) is 3.78. The monoisotopic (exact) mass is 766 g/mol. The first kappa shape index (κ1) is 73.0. The molecule has 0 saturated heterocycles. The zero-order valence-electron chi connectivity index (χ0n) is 41.3. The van der Waals surface area contributed by atoms with Gasteiger partial charge >= 0.3 is 0 Å².